The van der Waals surface area contributed by atoms with E-state index in [1.807, 2.05) is 0 Å². The largest absolute Gasteiger partial charge is 0.425 e. The molecule has 1 fully saturated rings. The minimum absolute atomic E-state index is 0.0872. The second kappa shape index (κ2) is 13.3. The molecule has 1 aliphatic heterocycles. The molecule has 1 heterocycles. The van der Waals surface area contributed by atoms with Crippen LogP contribution < -0.4 is 4.74 Å². The second-order valence-corrected chi connectivity index (χ2v) is 8.58. The normalized spacial score (nSPS) is 15.9. The van der Waals surface area contributed by atoms with Crippen LogP contribution in [0.25, 0.3) is 0 Å². The topological polar surface area (TPSA) is 168 Å². The van der Waals surface area contributed by atoms with E-state index in [1.54, 1.807) is 19.1 Å². The molecule has 0 bridgehead atoms. The van der Waals surface area contributed by atoms with Crippen molar-refractivity contribution < 1.29 is 39.0 Å². The van der Waals surface area contributed by atoms with Crippen LogP contribution in [0, 0.1) is 26.1 Å². The van der Waals surface area contributed by atoms with Gasteiger partial charge in [-0.15, -0.1) is 20.2 Å². The monoisotopic (exact) mass is 499 g/mol. The Morgan fingerprint density at radius 2 is 1.94 bits per heavy atom. The van der Waals surface area contributed by atoms with Gasteiger partial charge in [-0.3, -0.25) is 9.59 Å². The Kier molecular flexibility index (Phi) is 10.5. The van der Waals surface area contributed by atoms with Gasteiger partial charge in [0.05, 0.1) is 6.61 Å². The van der Waals surface area contributed by atoms with Crippen molar-refractivity contribution in [2.75, 3.05) is 18.9 Å². The van der Waals surface area contributed by atoms with Crippen molar-refractivity contribution in [3.63, 3.8) is 0 Å². The first-order chi connectivity index (χ1) is 16.2. The molecule has 1 saturated heterocycles. The number of amides is 1. The van der Waals surface area contributed by atoms with E-state index in [1.165, 1.54) is 17.0 Å². The summed E-state index contributed by atoms with van der Waals surface area (Å²) >= 11 is 0.963. The van der Waals surface area contributed by atoms with Gasteiger partial charge in [-0.2, -0.15) is 0 Å². The molecule has 0 radical (unpaired) electrons. The van der Waals surface area contributed by atoms with Crippen LogP contribution in [0.15, 0.2) is 24.3 Å². The molecule has 0 spiro atoms. The maximum atomic E-state index is 12.9. The summed E-state index contributed by atoms with van der Waals surface area (Å²) in [6, 6.07) is 5.36. The van der Waals surface area contributed by atoms with E-state index >= 15 is 0 Å². The Morgan fingerprint density at radius 1 is 1.21 bits per heavy atom. The summed E-state index contributed by atoms with van der Waals surface area (Å²) in [4.78, 5) is 67.9. The van der Waals surface area contributed by atoms with Gasteiger partial charge in [-0.1, -0.05) is 30.8 Å². The van der Waals surface area contributed by atoms with Gasteiger partial charge < -0.3 is 19.3 Å². The molecule has 1 aromatic rings. The lowest BCUT2D eigenvalue weighted by molar-refractivity contribution is -0.763. The fraction of sp³-hybridized carbons (Fsp3) is 0.550. The number of nitrogens with zero attached hydrogens (tertiary/aromatic N) is 3. The number of benzene rings is 1. The van der Waals surface area contributed by atoms with Gasteiger partial charge in [0, 0.05) is 24.6 Å². The molecular formula is C20H25N3O10S. The fourth-order valence-corrected chi connectivity index (χ4v) is 4.15. The summed E-state index contributed by atoms with van der Waals surface area (Å²) in [5, 5.41) is 18.4. The first kappa shape index (κ1) is 26.8. The molecule has 0 aromatic heterocycles. The zero-order chi connectivity index (χ0) is 25.1. The van der Waals surface area contributed by atoms with Gasteiger partial charge in [0.25, 0.3) is 10.2 Å². The van der Waals surface area contributed by atoms with E-state index in [9.17, 15) is 34.6 Å². The van der Waals surface area contributed by atoms with Crippen LogP contribution in [0.1, 0.15) is 38.2 Å². The maximum absolute atomic E-state index is 12.9. The van der Waals surface area contributed by atoms with Gasteiger partial charge in [0.1, 0.15) is 18.4 Å². The smallest absolute Gasteiger partial charge is 0.334 e. The van der Waals surface area contributed by atoms with Crippen LogP contribution in [-0.2, 0) is 30.7 Å². The van der Waals surface area contributed by atoms with E-state index in [4.69, 9.17) is 4.74 Å². The van der Waals surface area contributed by atoms with Crippen LogP contribution in [0.5, 0.6) is 5.75 Å². The summed E-state index contributed by atoms with van der Waals surface area (Å²) in [7, 11) is 0. The summed E-state index contributed by atoms with van der Waals surface area (Å²) < 4.78 is 5.40. The number of carbonyl (C=O) groups is 3. The van der Waals surface area contributed by atoms with Crippen molar-refractivity contribution in [1.29, 1.82) is 0 Å². The van der Waals surface area contributed by atoms with E-state index < -0.39 is 28.1 Å². The molecule has 0 unspecified atom stereocenters. The summed E-state index contributed by atoms with van der Waals surface area (Å²) in [6.45, 7) is 1.59. The van der Waals surface area contributed by atoms with Crippen LogP contribution in [0.4, 0.5) is 0 Å². The van der Waals surface area contributed by atoms with Crippen LogP contribution in [-0.4, -0.2) is 57.0 Å². The van der Waals surface area contributed by atoms with Crippen molar-refractivity contribution in [2.45, 2.75) is 45.3 Å². The highest BCUT2D eigenvalue weighted by atomic mass is 32.2. The first-order valence-corrected chi connectivity index (χ1v) is 11.5. The average molecular weight is 499 g/mol. The Hall–Kier alpha value is -3.42. The lowest BCUT2D eigenvalue weighted by Crippen LogP contribution is -2.45. The van der Waals surface area contributed by atoms with Gasteiger partial charge >= 0.3 is 5.97 Å². The number of likely N-dealkylation sites (tertiary alicyclic amines) is 1. The highest BCUT2D eigenvalue weighted by molar-refractivity contribution is 8.13. The molecule has 13 nitrogen and oxygen atoms in total. The summed E-state index contributed by atoms with van der Waals surface area (Å²) in [5.41, 5.74) is 0.446. The van der Waals surface area contributed by atoms with Crippen molar-refractivity contribution in [1.82, 2.24) is 4.90 Å². The maximum Gasteiger partial charge on any atom is 0.334 e. The lowest BCUT2D eigenvalue weighted by atomic mass is 10.1. The van der Waals surface area contributed by atoms with E-state index in [-0.39, 0.29) is 48.6 Å². The first-order valence-electron chi connectivity index (χ1n) is 10.5. The summed E-state index contributed by atoms with van der Waals surface area (Å²) in [6.07, 6.45) is 1.35. The number of esters is 1. The number of hydrogen-bond donors (Lipinski definition) is 0. The zero-order valence-corrected chi connectivity index (χ0v) is 19.3. The molecule has 1 aromatic carbocycles. The van der Waals surface area contributed by atoms with E-state index in [2.05, 4.69) is 9.68 Å². The Balaban J connectivity index is 1.85. The molecule has 0 aliphatic carbocycles. The van der Waals surface area contributed by atoms with Gasteiger partial charge in [0.2, 0.25) is 5.91 Å². The van der Waals surface area contributed by atoms with Gasteiger partial charge in [-0.05, 0) is 37.0 Å². The van der Waals surface area contributed by atoms with E-state index in [0.717, 1.165) is 11.8 Å². The van der Waals surface area contributed by atoms with Crippen molar-refractivity contribution >= 4 is 28.8 Å². The van der Waals surface area contributed by atoms with Gasteiger partial charge in [-0.25, -0.2) is 4.79 Å². The Bertz CT molecular complexity index is 912. The Morgan fingerprint density at radius 3 is 2.65 bits per heavy atom. The lowest BCUT2D eigenvalue weighted by Gasteiger charge is -2.26. The molecule has 186 valence electrons. The third-order valence-corrected chi connectivity index (χ3v) is 6.09. The summed E-state index contributed by atoms with van der Waals surface area (Å²) in [5.74, 6) is -1.02. The number of rotatable bonds is 13. The minimum atomic E-state index is -0.919. The van der Waals surface area contributed by atoms with Crippen LogP contribution >= 0.6 is 11.8 Å². The zero-order valence-electron chi connectivity index (χ0n) is 18.5. The number of ether oxygens (including phenoxy) is 1. The quantitative estimate of drug-likeness (QED) is 0.128. The predicted octanol–water partition coefficient (Wildman–Crippen LogP) is 2.18. The molecule has 14 heteroatoms. The Labute approximate surface area is 198 Å². The highest BCUT2D eigenvalue weighted by Crippen LogP contribution is 2.24. The molecule has 34 heavy (non-hydrogen) atoms. The third-order valence-electron chi connectivity index (χ3n) is 4.90. The number of carbonyl (C=O) groups excluding carboxylic acids is 3. The highest BCUT2D eigenvalue weighted by Gasteiger charge is 2.37. The second-order valence-electron chi connectivity index (χ2n) is 7.50. The molecule has 0 N–H and O–H groups in total. The number of hydrogen-bond acceptors (Lipinski definition) is 11. The van der Waals surface area contributed by atoms with Crippen molar-refractivity contribution in [3.8, 4) is 5.75 Å². The van der Waals surface area contributed by atoms with Crippen molar-refractivity contribution in [3.05, 3.63) is 50.1 Å². The standard InChI is InChI=1S/C20H25N3O10S/c1-14(13-34-18(24)8-4-10-31-22(27)28)19(25)21-9-3-7-17(21)20(26)33-16-6-2-5-15(11-16)12-32-23(29)30/h2,5-6,11,14,17H,3-4,7-10,12-13H2,1H3/t14-,17+/m1/s1. The molecule has 1 amide bonds. The van der Waals surface area contributed by atoms with Crippen molar-refractivity contribution in [2.24, 2.45) is 5.92 Å². The fourth-order valence-electron chi connectivity index (χ4n) is 3.29. The van der Waals surface area contributed by atoms with Crippen LogP contribution in [0.2, 0.25) is 0 Å². The van der Waals surface area contributed by atoms with E-state index in [0.29, 0.717) is 24.9 Å². The third kappa shape index (κ3) is 8.84. The molecule has 1 aliphatic rings. The number of thioether (sulfide) groups is 1. The molecule has 0 saturated carbocycles. The average Bonchev–Trinajstić information content (AvgIpc) is 3.28. The van der Waals surface area contributed by atoms with Gasteiger partial charge in [0.15, 0.2) is 5.12 Å². The molecule has 2 atom stereocenters. The SMILES string of the molecule is C[C@H](CSC(=O)CCCO[N+](=O)[O-])C(=O)N1CCC[C@H]1C(=O)Oc1cccc(CO[N+](=O)[O-])c1. The van der Waals surface area contributed by atoms with Crippen LogP contribution in [0.3, 0.4) is 0 Å². The minimum Gasteiger partial charge on any atom is -0.425 e. The molecule has 2 rings (SSSR count). The predicted molar refractivity (Wildman–Crippen MR) is 117 cm³/mol. The molecular weight excluding hydrogens is 474 g/mol.